The highest BCUT2D eigenvalue weighted by atomic mass is 16.5. The monoisotopic (exact) mass is 277 g/mol. The van der Waals surface area contributed by atoms with Gasteiger partial charge in [0.25, 0.3) is 0 Å². The van der Waals surface area contributed by atoms with Gasteiger partial charge in [-0.05, 0) is 38.3 Å². The number of hydrogen-bond acceptors (Lipinski definition) is 3. The number of carbonyl (C=O) groups is 1. The minimum Gasteiger partial charge on any atom is -0.481 e. The average molecular weight is 277 g/mol. The molecule has 20 heavy (non-hydrogen) atoms. The molecule has 0 atom stereocenters. The summed E-state index contributed by atoms with van der Waals surface area (Å²) in [7, 11) is 0. The zero-order valence-electron chi connectivity index (χ0n) is 12.2. The maximum absolute atomic E-state index is 10.9. The minimum absolute atomic E-state index is 0.171. The molecule has 0 aliphatic heterocycles. The summed E-state index contributed by atoms with van der Waals surface area (Å²) in [5.41, 5.74) is 2.34. The zero-order chi connectivity index (χ0) is 14.5. The molecule has 0 unspecified atom stereocenters. The summed E-state index contributed by atoms with van der Waals surface area (Å²) in [6, 6.07) is 8.56. The Labute approximate surface area is 120 Å². The van der Waals surface area contributed by atoms with Crippen molar-refractivity contribution in [1.82, 2.24) is 0 Å². The number of carboxylic acids is 1. The molecule has 1 aliphatic carbocycles. The molecule has 4 heteroatoms. The minimum atomic E-state index is -0.746. The number of aliphatic carboxylic acids is 1. The quantitative estimate of drug-likeness (QED) is 0.832. The number of anilines is 1. The van der Waals surface area contributed by atoms with E-state index in [1.54, 1.807) is 0 Å². The van der Waals surface area contributed by atoms with Crippen LogP contribution in [0.5, 0.6) is 0 Å². The Hall–Kier alpha value is -1.55. The Balaban J connectivity index is 2.06. The first-order valence-corrected chi connectivity index (χ1v) is 7.27. The SMILES string of the molecule is CCOC1CC(N(CCC(=O)O)c2ccccc2C)C1. The number of ether oxygens (including phenoxy) is 1. The van der Waals surface area contributed by atoms with E-state index in [1.165, 1.54) is 5.56 Å². The van der Waals surface area contributed by atoms with Gasteiger partial charge in [0, 0.05) is 24.9 Å². The fourth-order valence-electron chi connectivity index (χ4n) is 2.77. The Morgan fingerprint density at radius 3 is 2.70 bits per heavy atom. The van der Waals surface area contributed by atoms with Crippen molar-refractivity contribution in [3.05, 3.63) is 29.8 Å². The molecule has 0 bridgehead atoms. The molecule has 1 fully saturated rings. The molecule has 0 radical (unpaired) electrons. The van der Waals surface area contributed by atoms with Crippen molar-refractivity contribution in [3.8, 4) is 0 Å². The van der Waals surface area contributed by atoms with Crippen LogP contribution in [0.3, 0.4) is 0 Å². The number of hydrogen-bond donors (Lipinski definition) is 1. The predicted octanol–water partition coefficient (Wildman–Crippen LogP) is 2.84. The van der Waals surface area contributed by atoms with Crippen LogP contribution >= 0.6 is 0 Å². The van der Waals surface area contributed by atoms with Crippen molar-refractivity contribution in [2.24, 2.45) is 0 Å². The van der Waals surface area contributed by atoms with Crippen LogP contribution in [0.4, 0.5) is 5.69 Å². The van der Waals surface area contributed by atoms with Gasteiger partial charge in [0.2, 0.25) is 0 Å². The van der Waals surface area contributed by atoms with E-state index >= 15 is 0 Å². The second kappa shape index (κ2) is 6.75. The van der Waals surface area contributed by atoms with Crippen LogP contribution in [0, 0.1) is 6.92 Å². The molecule has 0 aromatic heterocycles. The van der Waals surface area contributed by atoms with Gasteiger partial charge in [0.1, 0.15) is 0 Å². The van der Waals surface area contributed by atoms with Gasteiger partial charge in [0.05, 0.1) is 12.5 Å². The maximum atomic E-state index is 10.9. The van der Waals surface area contributed by atoms with E-state index in [0.29, 0.717) is 18.7 Å². The first-order valence-electron chi connectivity index (χ1n) is 7.27. The summed E-state index contributed by atoms with van der Waals surface area (Å²) in [4.78, 5) is 13.1. The fourth-order valence-corrected chi connectivity index (χ4v) is 2.77. The Kier molecular flexibility index (Phi) is 5.01. The van der Waals surface area contributed by atoms with Crippen molar-refractivity contribution in [2.45, 2.75) is 45.3 Å². The summed E-state index contributed by atoms with van der Waals surface area (Å²) in [5, 5.41) is 8.94. The van der Waals surface area contributed by atoms with Crippen LogP contribution in [0.25, 0.3) is 0 Å². The molecule has 110 valence electrons. The predicted molar refractivity (Wildman–Crippen MR) is 79.2 cm³/mol. The van der Waals surface area contributed by atoms with Crippen LogP contribution in [0.1, 0.15) is 31.7 Å². The average Bonchev–Trinajstić information content (AvgIpc) is 2.37. The van der Waals surface area contributed by atoms with Gasteiger partial charge in [-0.2, -0.15) is 0 Å². The van der Waals surface area contributed by atoms with E-state index in [9.17, 15) is 4.79 Å². The number of carboxylic acid groups (broad SMARTS) is 1. The number of rotatable bonds is 7. The molecule has 2 rings (SSSR count). The van der Waals surface area contributed by atoms with Gasteiger partial charge >= 0.3 is 5.97 Å². The first-order chi connectivity index (χ1) is 9.61. The summed E-state index contributed by atoms with van der Waals surface area (Å²) < 4.78 is 5.61. The normalized spacial score (nSPS) is 21.3. The number of para-hydroxylation sites is 1. The van der Waals surface area contributed by atoms with E-state index in [4.69, 9.17) is 9.84 Å². The highest BCUT2D eigenvalue weighted by Crippen LogP contribution is 2.33. The van der Waals surface area contributed by atoms with Gasteiger partial charge < -0.3 is 14.7 Å². The Bertz CT molecular complexity index is 455. The van der Waals surface area contributed by atoms with Gasteiger partial charge in [-0.25, -0.2) is 0 Å². The lowest BCUT2D eigenvalue weighted by atomic mass is 9.87. The van der Waals surface area contributed by atoms with Crippen LogP contribution < -0.4 is 4.90 Å². The Morgan fingerprint density at radius 1 is 1.40 bits per heavy atom. The van der Waals surface area contributed by atoms with E-state index in [1.807, 2.05) is 19.1 Å². The van der Waals surface area contributed by atoms with E-state index in [0.717, 1.165) is 25.1 Å². The van der Waals surface area contributed by atoms with Gasteiger partial charge in [-0.1, -0.05) is 18.2 Å². The van der Waals surface area contributed by atoms with Gasteiger partial charge in [-0.15, -0.1) is 0 Å². The third-order valence-corrected chi connectivity index (χ3v) is 3.90. The second-order valence-corrected chi connectivity index (χ2v) is 5.33. The zero-order valence-corrected chi connectivity index (χ0v) is 12.2. The molecule has 4 nitrogen and oxygen atoms in total. The molecular weight excluding hydrogens is 254 g/mol. The highest BCUT2D eigenvalue weighted by molar-refractivity contribution is 5.68. The van der Waals surface area contributed by atoms with Crippen LogP contribution in [-0.4, -0.2) is 36.4 Å². The van der Waals surface area contributed by atoms with E-state index < -0.39 is 5.97 Å². The lowest BCUT2D eigenvalue weighted by Gasteiger charge is -2.44. The van der Waals surface area contributed by atoms with Gasteiger partial charge in [0.15, 0.2) is 0 Å². The highest BCUT2D eigenvalue weighted by Gasteiger charge is 2.34. The number of benzene rings is 1. The molecule has 0 heterocycles. The summed E-state index contributed by atoms with van der Waals surface area (Å²) in [6.07, 6.45) is 2.48. The lowest BCUT2D eigenvalue weighted by Crippen LogP contribution is -2.49. The third-order valence-electron chi connectivity index (χ3n) is 3.90. The molecule has 1 saturated carbocycles. The molecule has 0 saturated heterocycles. The molecule has 1 aromatic rings. The van der Waals surface area contributed by atoms with Crippen molar-refractivity contribution in [2.75, 3.05) is 18.1 Å². The summed E-state index contributed by atoms with van der Waals surface area (Å²) in [5.74, 6) is -0.746. The molecule has 1 aliphatic rings. The van der Waals surface area contributed by atoms with E-state index in [2.05, 4.69) is 24.0 Å². The smallest absolute Gasteiger partial charge is 0.305 e. The van der Waals surface area contributed by atoms with E-state index in [-0.39, 0.29) is 6.42 Å². The van der Waals surface area contributed by atoms with Crippen molar-refractivity contribution in [3.63, 3.8) is 0 Å². The number of aryl methyl sites for hydroxylation is 1. The largest absolute Gasteiger partial charge is 0.481 e. The number of nitrogens with zero attached hydrogens (tertiary/aromatic N) is 1. The summed E-state index contributed by atoms with van der Waals surface area (Å²) in [6.45, 7) is 5.39. The molecule has 0 spiro atoms. The molecular formula is C16H23NO3. The molecule has 1 aromatic carbocycles. The van der Waals surface area contributed by atoms with Crippen molar-refractivity contribution in [1.29, 1.82) is 0 Å². The molecule has 1 N–H and O–H groups in total. The Morgan fingerprint density at radius 2 is 2.10 bits per heavy atom. The van der Waals surface area contributed by atoms with Crippen LogP contribution in [0.15, 0.2) is 24.3 Å². The topological polar surface area (TPSA) is 49.8 Å². The third kappa shape index (κ3) is 3.51. The van der Waals surface area contributed by atoms with Crippen molar-refractivity contribution < 1.29 is 14.6 Å². The van der Waals surface area contributed by atoms with Crippen molar-refractivity contribution >= 4 is 11.7 Å². The van der Waals surface area contributed by atoms with Crippen LogP contribution in [-0.2, 0) is 9.53 Å². The lowest BCUT2D eigenvalue weighted by molar-refractivity contribution is -0.136. The van der Waals surface area contributed by atoms with Crippen LogP contribution in [0.2, 0.25) is 0 Å². The van der Waals surface area contributed by atoms with Gasteiger partial charge in [-0.3, -0.25) is 4.79 Å². The maximum Gasteiger partial charge on any atom is 0.305 e. The molecule has 0 amide bonds. The summed E-state index contributed by atoms with van der Waals surface area (Å²) >= 11 is 0. The standard InChI is InChI=1S/C16H23NO3/c1-3-20-14-10-13(11-14)17(9-8-16(18)19)15-7-5-4-6-12(15)2/h4-7,13-14H,3,8-11H2,1-2H3,(H,18,19). The fraction of sp³-hybridized carbons (Fsp3) is 0.562. The second-order valence-electron chi connectivity index (χ2n) is 5.33. The first kappa shape index (κ1) is 14.9.